The van der Waals surface area contributed by atoms with Crippen LogP contribution in [0.1, 0.15) is 18.4 Å². The minimum Gasteiger partial charge on any atom is -0.478 e. The van der Waals surface area contributed by atoms with Crippen molar-refractivity contribution in [3.63, 3.8) is 0 Å². The quantitative estimate of drug-likeness (QED) is 0.748. The van der Waals surface area contributed by atoms with Gasteiger partial charge in [0.1, 0.15) is 5.75 Å². The molecule has 1 atom stereocenters. The summed E-state index contributed by atoms with van der Waals surface area (Å²) in [4.78, 5) is 15.1. The molecular formula is C20H21ClN2O4S. The van der Waals surface area contributed by atoms with Gasteiger partial charge in [0, 0.05) is 30.2 Å². The molecule has 0 fully saturated rings. The Morgan fingerprint density at radius 1 is 1.14 bits per heavy atom. The highest BCUT2D eigenvalue weighted by molar-refractivity contribution is 7.92. The highest BCUT2D eigenvalue weighted by atomic mass is 35.5. The summed E-state index contributed by atoms with van der Waals surface area (Å²) in [6.07, 6.45) is 2.46. The van der Waals surface area contributed by atoms with Gasteiger partial charge in [-0.3, -0.25) is 9.10 Å². The topological polar surface area (TPSA) is 66.9 Å². The summed E-state index contributed by atoms with van der Waals surface area (Å²) in [5.41, 5.74) is 2.41. The summed E-state index contributed by atoms with van der Waals surface area (Å²) in [5, 5.41) is 0.408. The number of aryl methyl sites for hydroxylation is 1. The number of nitrogens with zero attached hydrogens (tertiary/aromatic N) is 2. The van der Waals surface area contributed by atoms with Gasteiger partial charge in [0.2, 0.25) is 10.0 Å². The molecule has 2 aliphatic rings. The summed E-state index contributed by atoms with van der Waals surface area (Å²) in [6.45, 7) is 0.775. The highest BCUT2D eigenvalue weighted by Crippen LogP contribution is 2.37. The summed E-state index contributed by atoms with van der Waals surface area (Å²) >= 11 is 6.07. The Kier molecular flexibility index (Phi) is 4.97. The molecule has 0 aromatic heterocycles. The number of benzene rings is 2. The molecule has 0 spiro atoms. The molecule has 8 heteroatoms. The maximum Gasteiger partial charge on any atom is 0.268 e. The molecule has 2 aromatic carbocycles. The average Bonchev–Trinajstić information content (AvgIpc) is 2.86. The third-order valence-corrected chi connectivity index (χ3v) is 6.52. The zero-order chi connectivity index (χ0) is 19.9. The second-order valence-electron chi connectivity index (χ2n) is 7.06. The van der Waals surface area contributed by atoms with Crippen LogP contribution in [0.15, 0.2) is 42.5 Å². The molecule has 0 unspecified atom stereocenters. The van der Waals surface area contributed by atoms with E-state index in [0.29, 0.717) is 23.0 Å². The number of rotatable bonds is 2. The van der Waals surface area contributed by atoms with Crippen LogP contribution in [0.2, 0.25) is 5.02 Å². The predicted molar refractivity (Wildman–Crippen MR) is 110 cm³/mol. The standard InChI is InChI=1S/C20H21ClN2O4S/c1-28(25,26)23-12-10-19(27-18-9-8-15(21)13-17(18)23)20(24)22-11-4-6-14-5-2-3-7-16(14)22/h2-3,5,7-9,13,19H,4,6,10-12H2,1H3/t19-/m0/s1. The monoisotopic (exact) mass is 420 g/mol. The largest absolute Gasteiger partial charge is 0.478 e. The van der Waals surface area contributed by atoms with Gasteiger partial charge in [-0.1, -0.05) is 29.8 Å². The van der Waals surface area contributed by atoms with Crippen LogP contribution in [-0.2, 0) is 21.2 Å². The van der Waals surface area contributed by atoms with Gasteiger partial charge in [-0.2, -0.15) is 0 Å². The van der Waals surface area contributed by atoms with Crippen LogP contribution >= 0.6 is 11.6 Å². The van der Waals surface area contributed by atoms with Crippen molar-refractivity contribution < 1.29 is 17.9 Å². The second-order valence-corrected chi connectivity index (χ2v) is 9.41. The van der Waals surface area contributed by atoms with Crippen LogP contribution in [0.5, 0.6) is 5.75 Å². The van der Waals surface area contributed by atoms with E-state index in [2.05, 4.69) is 0 Å². The Morgan fingerprint density at radius 2 is 1.93 bits per heavy atom. The Morgan fingerprint density at radius 3 is 2.71 bits per heavy atom. The number of para-hydroxylation sites is 1. The molecule has 148 valence electrons. The van der Waals surface area contributed by atoms with Crippen molar-refractivity contribution in [2.75, 3.05) is 28.6 Å². The van der Waals surface area contributed by atoms with E-state index in [-0.39, 0.29) is 18.9 Å². The number of amides is 1. The first-order valence-electron chi connectivity index (χ1n) is 9.18. The van der Waals surface area contributed by atoms with Crippen molar-refractivity contribution in [1.82, 2.24) is 0 Å². The minimum absolute atomic E-state index is 0.150. The zero-order valence-electron chi connectivity index (χ0n) is 15.5. The summed E-state index contributed by atoms with van der Waals surface area (Å²) in [6, 6.07) is 12.7. The molecule has 2 heterocycles. The number of carbonyl (C=O) groups is 1. The number of hydrogen-bond donors (Lipinski definition) is 0. The van der Waals surface area contributed by atoms with Crippen molar-refractivity contribution in [2.45, 2.75) is 25.4 Å². The SMILES string of the molecule is CS(=O)(=O)N1CC[C@@H](C(=O)N2CCCc3ccccc32)Oc2ccc(Cl)cc21. The molecule has 0 saturated carbocycles. The number of halogens is 1. The van der Waals surface area contributed by atoms with Crippen LogP contribution in [0, 0.1) is 0 Å². The number of fused-ring (bicyclic) bond motifs is 2. The van der Waals surface area contributed by atoms with Crippen LogP contribution < -0.4 is 13.9 Å². The van der Waals surface area contributed by atoms with Crippen LogP contribution in [0.25, 0.3) is 0 Å². The van der Waals surface area contributed by atoms with Gasteiger partial charge in [0.05, 0.1) is 11.9 Å². The lowest BCUT2D eigenvalue weighted by Gasteiger charge is -2.32. The van der Waals surface area contributed by atoms with Gasteiger partial charge in [-0.05, 0) is 42.7 Å². The first-order chi connectivity index (χ1) is 13.3. The normalized spacial score (nSPS) is 19.3. The number of sulfonamides is 1. The van der Waals surface area contributed by atoms with Crippen molar-refractivity contribution in [1.29, 1.82) is 0 Å². The Labute approximate surface area is 169 Å². The lowest BCUT2D eigenvalue weighted by Crippen LogP contribution is -2.45. The van der Waals surface area contributed by atoms with Gasteiger partial charge in [-0.15, -0.1) is 0 Å². The average molecular weight is 421 g/mol. The molecule has 0 N–H and O–H groups in total. The molecule has 2 aliphatic heterocycles. The van der Waals surface area contributed by atoms with Gasteiger partial charge in [0.15, 0.2) is 6.10 Å². The van der Waals surface area contributed by atoms with E-state index >= 15 is 0 Å². The lowest BCUT2D eigenvalue weighted by atomic mass is 10.0. The van der Waals surface area contributed by atoms with Crippen LogP contribution in [-0.4, -0.2) is 39.8 Å². The molecule has 0 radical (unpaired) electrons. The minimum atomic E-state index is -3.53. The molecule has 6 nitrogen and oxygen atoms in total. The van der Waals surface area contributed by atoms with E-state index in [4.69, 9.17) is 16.3 Å². The Bertz CT molecular complexity index is 1020. The van der Waals surface area contributed by atoms with Gasteiger partial charge < -0.3 is 9.64 Å². The first kappa shape index (κ1) is 19.1. The lowest BCUT2D eigenvalue weighted by molar-refractivity contribution is -0.125. The smallest absolute Gasteiger partial charge is 0.268 e. The summed E-state index contributed by atoms with van der Waals surface area (Å²) in [5.74, 6) is 0.194. The molecular weight excluding hydrogens is 400 g/mol. The molecule has 1 amide bonds. The number of hydrogen-bond acceptors (Lipinski definition) is 4. The predicted octanol–water partition coefficient (Wildman–Crippen LogP) is 3.24. The number of ether oxygens (including phenoxy) is 1. The third-order valence-electron chi connectivity index (χ3n) is 5.11. The van der Waals surface area contributed by atoms with Gasteiger partial charge >= 0.3 is 0 Å². The van der Waals surface area contributed by atoms with E-state index in [1.807, 2.05) is 24.3 Å². The van der Waals surface area contributed by atoms with E-state index in [9.17, 15) is 13.2 Å². The highest BCUT2D eigenvalue weighted by Gasteiger charge is 2.35. The van der Waals surface area contributed by atoms with Crippen molar-refractivity contribution in [2.24, 2.45) is 0 Å². The fourth-order valence-corrected chi connectivity index (χ4v) is 4.91. The van der Waals surface area contributed by atoms with E-state index in [1.54, 1.807) is 23.1 Å². The zero-order valence-corrected chi connectivity index (χ0v) is 17.0. The number of carbonyl (C=O) groups excluding carboxylic acids is 1. The molecule has 28 heavy (non-hydrogen) atoms. The van der Waals surface area contributed by atoms with E-state index in [1.165, 1.54) is 4.31 Å². The van der Waals surface area contributed by atoms with E-state index in [0.717, 1.165) is 30.3 Å². The van der Waals surface area contributed by atoms with Gasteiger partial charge in [-0.25, -0.2) is 8.42 Å². The van der Waals surface area contributed by atoms with Gasteiger partial charge in [0.25, 0.3) is 5.91 Å². The molecule has 0 saturated heterocycles. The van der Waals surface area contributed by atoms with Crippen LogP contribution in [0.4, 0.5) is 11.4 Å². The number of anilines is 2. The molecule has 0 bridgehead atoms. The third kappa shape index (κ3) is 3.56. The fourth-order valence-electron chi connectivity index (χ4n) is 3.81. The van der Waals surface area contributed by atoms with Crippen molar-refractivity contribution in [3.05, 3.63) is 53.1 Å². The maximum absolute atomic E-state index is 13.3. The van der Waals surface area contributed by atoms with Crippen molar-refractivity contribution >= 4 is 38.9 Å². The second kappa shape index (κ2) is 7.29. The maximum atomic E-state index is 13.3. The molecule has 4 rings (SSSR count). The molecule has 0 aliphatic carbocycles. The molecule has 2 aromatic rings. The first-order valence-corrected chi connectivity index (χ1v) is 11.4. The van der Waals surface area contributed by atoms with Crippen molar-refractivity contribution in [3.8, 4) is 5.75 Å². The van der Waals surface area contributed by atoms with E-state index < -0.39 is 16.1 Å². The van der Waals surface area contributed by atoms with Crippen LogP contribution in [0.3, 0.4) is 0 Å². The Hall–Kier alpha value is -2.25. The summed E-state index contributed by atoms with van der Waals surface area (Å²) in [7, 11) is -3.53. The fraction of sp³-hybridized carbons (Fsp3) is 0.350. The Balaban J connectivity index is 1.68. The summed E-state index contributed by atoms with van der Waals surface area (Å²) < 4.78 is 31.8.